The van der Waals surface area contributed by atoms with E-state index >= 15 is 0 Å². The Morgan fingerprint density at radius 1 is 1.10 bits per heavy atom. The number of imidazole rings is 1. The molecule has 0 amide bonds. The fourth-order valence-electron chi connectivity index (χ4n) is 5.30. The van der Waals surface area contributed by atoms with E-state index in [4.69, 9.17) is 30.8 Å². The Kier molecular flexibility index (Phi) is 8.09. The zero-order valence-corrected chi connectivity index (χ0v) is 23.2. The van der Waals surface area contributed by atoms with Gasteiger partial charge in [-0.2, -0.15) is 0 Å². The molecule has 8 nitrogen and oxygen atoms in total. The molecule has 6 rings (SSSR count). The van der Waals surface area contributed by atoms with Gasteiger partial charge in [-0.1, -0.05) is 23.7 Å². The van der Waals surface area contributed by atoms with Crippen molar-refractivity contribution in [2.24, 2.45) is 0 Å². The predicted molar refractivity (Wildman–Crippen MR) is 152 cm³/mol. The third-order valence-electron chi connectivity index (χ3n) is 7.64. The second-order valence-corrected chi connectivity index (χ2v) is 10.9. The fourth-order valence-corrected chi connectivity index (χ4v) is 5.52. The first-order valence-electron chi connectivity index (χ1n) is 13.8. The summed E-state index contributed by atoms with van der Waals surface area (Å²) in [5.74, 6) is 0.791. The summed E-state index contributed by atoms with van der Waals surface area (Å²) in [5, 5.41) is 9.72. The first-order chi connectivity index (χ1) is 19.9. The van der Waals surface area contributed by atoms with E-state index in [9.17, 15) is 14.3 Å². The van der Waals surface area contributed by atoms with E-state index < -0.39 is 11.8 Å². The van der Waals surface area contributed by atoms with Crippen LogP contribution in [-0.2, 0) is 24.4 Å². The van der Waals surface area contributed by atoms with Gasteiger partial charge in [-0.15, -0.1) is 0 Å². The summed E-state index contributed by atoms with van der Waals surface area (Å²) in [5.41, 5.74) is 2.82. The second-order valence-electron chi connectivity index (χ2n) is 10.5. The molecular weight excluding hydrogens is 549 g/mol. The van der Waals surface area contributed by atoms with Crippen molar-refractivity contribution in [3.8, 4) is 11.5 Å². The van der Waals surface area contributed by atoms with Gasteiger partial charge in [-0.05, 0) is 73.4 Å². The monoisotopic (exact) mass is 579 g/mol. The Morgan fingerprint density at radius 3 is 2.66 bits per heavy atom. The summed E-state index contributed by atoms with van der Waals surface area (Å²) in [6, 6.07) is 17.0. The Morgan fingerprint density at radius 2 is 1.93 bits per heavy atom. The van der Waals surface area contributed by atoms with Crippen LogP contribution in [0, 0.1) is 5.82 Å². The number of nitrogens with zero attached hydrogens (tertiary/aromatic N) is 3. The van der Waals surface area contributed by atoms with Crippen LogP contribution in [0.5, 0.6) is 11.5 Å². The number of likely N-dealkylation sites (tertiary alicyclic amines) is 1. The summed E-state index contributed by atoms with van der Waals surface area (Å²) in [6.45, 7) is 4.12. The van der Waals surface area contributed by atoms with E-state index in [1.54, 1.807) is 18.2 Å². The first-order valence-corrected chi connectivity index (χ1v) is 14.2. The molecule has 2 aliphatic rings. The Balaban J connectivity index is 1.06. The average molecular weight is 580 g/mol. The summed E-state index contributed by atoms with van der Waals surface area (Å²) in [7, 11) is 0. The van der Waals surface area contributed by atoms with Crippen LogP contribution in [0.1, 0.15) is 41.0 Å². The number of piperidine rings is 1. The molecule has 2 fully saturated rings. The van der Waals surface area contributed by atoms with Crippen molar-refractivity contribution in [3.63, 3.8) is 0 Å². The lowest BCUT2D eigenvalue weighted by Gasteiger charge is -2.32. The quantitative estimate of drug-likeness (QED) is 0.249. The Hall–Kier alpha value is -3.66. The smallest absolute Gasteiger partial charge is 0.335 e. The number of hydrogen-bond acceptors (Lipinski definition) is 6. The van der Waals surface area contributed by atoms with Gasteiger partial charge in [0.1, 0.15) is 35.9 Å². The van der Waals surface area contributed by atoms with Crippen molar-refractivity contribution in [2.75, 3.05) is 19.7 Å². The highest BCUT2D eigenvalue weighted by atomic mass is 35.5. The molecule has 1 atom stereocenters. The molecule has 3 heterocycles. The minimum atomic E-state index is -0.946. The topological polar surface area (TPSA) is 86.0 Å². The number of hydrogen-bond donors (Lipinski definition) is 1. The van der Waals surface area contributed by atoms with Crippen LogP contribution in [0.3, 0.4) is 0 Å². The van der Waals surface area contributed by atoms with Crippen LogP contribution in [0.2, 0.25) is 5.02 Å². The Labute approximate surface area is 242 Å². The maximum Gasteiger partial charge on any atom is 0.335 e. The molecule has 0 bridgehead atoms. The van der Waals surface area contributed by atoms with E-state index in [2.05, 4.69) is 9.47 Å². The summed E-state index contributed by atoms with van der Waals surface area (Å²) < 4.78 is 33.2. The summed E-state index contributed by atoms with van der Waals surface area (Å²) >= 11 is 6.07. The molecule has 0 saturated carbocycles. The molecule has 0 radical (unpaired) electrons. The lowest BCUT2D eigenvalue weighted by atomic mass is 10.1. The number of fused-ring (bicyclic) bond motifs is 1. The van der Waals surface area contributed by atoms with Crippen LogP contribution in [-0.4, -0.2) is 57.4 Å². The number of carbonyl (C=O) groups is 1. The number of ether oxygens (including phenoxy) is 3. The largest absolute Gasteiger partial charge is 0.490 e. The SMILES string of the molecule is O=C(O)c1ccc2nc(CN3CCC(Oc4cccc(COc5ccc(F)cc5Cl)c4)CC3)n(C[C@@H]3CCO3)c2c1. The third-order valence-corrected chi connectivity index (χ3v) is 7.94. The van der Waals surface area contributed by atoms with Crippen molar-refractivity contribution in [1.29, 1.82) is 0 Å². The molecule has 2 saturated heterocycles. The van der Waals surface area contributed by atoms with Crippen molar-refractivity contribution in [2.45, 2.75) is 51.2 Å². The second kappa shape index (κ2) is 12.1. The molecule has 0 spiro atoms. The number of aromatic nitrogens is 2. The van der Waals surface area contributed by atoms with Gasteiger partial charge in [0.25, 0.3) is 0 Å². The highest BCUT2D eigenvalue weighted by molar-refractivity contribution is 6.32. The molecule has 214 valence electrons. The van der Waals surface area contributed by atoms with E-state index in [1.807, 2.05) is 24.3 Å². The van der Waals surface area contributed by atoms with Crippen LogP contribution in [0.4, 0.5) is 4.39 Å². The first kappa shape index (κ1) is 27.5. The molecule has 3 aromatic carbocycles. The lowest BCUT2D eigenvalue weighted by Crippen LogP contribution is -2.39. The summed E-state index contributed by atoms with van der Waals surface area (Å²) in [6.07, 6.45) is 2.97. The zero-order valence-electron chi connectivity index (χ0n) is 22.5. The van der Waals surface area contributed by atoms with Crippen molar-refractivity contribution < 1.29 is 28.5 Å². The van der Waals surface area contributed by atoms with Crippen LogP contribution >= 0.6 is 11.6 Å². The standard InChI is InChI=1S/C31H31ClFN3O5/c32-26-16-22(33)5-7-29(26)40-19-20-2-1-3-24(14-20)41-23-8-11-35(12-9-23)18-30-34-27-6-4-21(31(37)38)15-28(27)36(30)17-25-10-13-39-25/h1-7,14-16,23,25H,8-13,17-19H2,(H,37,38)/t25-/m0/s1. The number of carboxylic acids is 1. The highest BCUT2D eigenvalue weighted by Crippen LogP contribution is 2.28. The van der Waals surface area contributed by atoms with Gasteiger partial charge < -0.3 is 23.9 Å². The van der Waals surface area contributed by atoms with Crippen molar-refractivity contribution >= 4 is 28.6 Å². The molecular formula is C31H31ClFN3O5. The van der Waals surface area contributed by atoms with Gasteiger partial charge in [0.15, 0.2) is 0 Å². The van der Waals surface area contributed by atoms with Gasteiger partial charge in [0.2, 0.25) is 0 Å². The highest BCUT2D eigenvalue weighted by Gasteiger charge is 2.26. The van der Waals surface area contributed by atoms with E-state index in [0.29, 0.717) is 25.4 Å². The molecule has 10 heteroatoms. The zero-order chi connectivity index (χ0) is 28.3. The number of carboxylic acid groups (broad SMARTS) is 1. The van der Waals surface area contributed by atoms with Crippen molar-refractivity contribution in [1.82, 2.24) is 14.5 Å². The number of aromatic carboxylic acids is 1. The summed E-state index contributed by atoms with van der Waals surface area (Å²) in [4.78, 5) is 18.8. The molecule has 0 aliphatic carbocycles. The molecule has 41 heavy (non-hydrogen) atoms. The van der Waals surface area contributed by atoms with Gasteiger partial charge >= 0.3 is 5.97 Å². The van der Waals surface area contributed by atoms with Gasteiger partial charge in [-0.3, -0.25) is 4.90 Å². The number of rotatable bonds is 10. The maximum atomic E-state index is 13.3. The van der Waals surface area contributed by atoms with Crippen LogP contribution < -0.4 is 9.47 Å². The maximum absolute atomic E-state index is 13.3. The van der Waals surface area contributed by atoms with Gasteiger partial charge in [0, 0.05) is 19.7 Å². The van der Waals surface area contributed by atoms with Crippen LogP contribution in [0.25, 0.3) is 11.0 Å². The Bertz CT molecular complexity index is 1550. The van der Waals surface area contributed by atoms with Crippen LogP contribution in [0.15, 0.2) is 60.7 Å². The van der Waals surface area contributed by atoms with Crippen molar-refractivity contribution in [3.05, 3.63) is 88.5 Å². The van der Waals surface area contributed by atoms with E-state index in [-0.39, 0.29) is 22.8 Å². The lowest BCUT2D eigenvalue weighted by molar-refractivity contribution is -0.0592. The minimum absolute atomic E-state index is 0.0919. The van der Waals surface area contributed by atoms with Gasteiger partial charge in [0.05, 0.1) is 40.8 Å². The minimum Gasteiger partial charge on any atom is -0.490 e. The number of halogens is 2. The number of benzene rings is 3. The molecule has 1 aromatic heterocycles. The predicted octanol–water partition coefficient (Wildman–Crippen LogP) is 5.94. The normalized spacial score (nSPS) is 17.9. The van der Waals surface area contributed by atoms with Gasteiger partial charge in [-0.25, -0.2) is 14.2 Å². The van der Waals surface area contributed by atoms with E-state index in [1.165, 1.54) is 18.2 Å². The molecule has 1 N–H and O–H groups in total. The molecule has 0 unspecified atom stereocenters. The fraction of sp³-hybridized carbons (Fsp3) is 0.355. The molecule has 2 aliphatic heterocycles. The van der Waals surface area contributed by atoms with E-state index in [0.717, 1.165) is 67.1 Å². The molecule has 4 aromatic rings. The average Bonchev–Trinajstić information content (AvgIpc) is 3.27. The third kappa shape index (κ3) is 6.48.